The Hall–Kier alpha value is -1.00. The first-order chi connectivity index (χ1) is 6.67. The van der Waals surface area contributed by atoms with Crippen molar-refractivity contribution in [1.29, 1.82) is 5.41 Å². The van der Waals surface area contributed by atoms with Crippen LogP contribution in [-0.4, -0.2) is 15.1 Å². The van der Waals surface area contributed by atoms with Gasteiger partial charge in [0.25, 0.3) is 0 Å². The van der Waals surface area contributed by atoms with Crippen LogP contribution in [0.4, 0.5) is 0 Å². The first kappa shape index (κ1) is 9.55. The van der Waals surface area contributed by atoms with Gasteiger partial charge in [0.2, 0.25) is 0 Å². The van der Waals surface area contributed by atoms with Gasteiger partial charge in [-0.05, 0) is 23.3 Å². The van der Waals surface area contributed by atoms with E-state index in [2.05, 4.69) is 0 Å². The van der Waals surface area contributed by atoms with E-state index in [0.29, 0.717) is 0 Å². The summed E-state index contributed by atoms with van der Waals surface area (Å²) in [4.78, 5) is 0.764. The van der Waals surface area contributed by atoms with Crippen LogP contribution in [-0.2, 0) is 11.2 Å². The Morgan fingerprint density at radius 3 is 2.36 bits per heavy atom. The molecular formula is C10H12N2OS. The lowest BCUT2D eigenvalue weighted by Gasteiger charge is -2.19. The van der Waals surface area contributed by atoms with Crippen LogP contribution >= 0.6 is 0 Å². The largest absolute Gasteiger partial charge is 0.611 e. The zero-order valence-corrected chi connectivity index (χ0v) is 8.51. The first-order valence-electron chi connectivity index (χ1n) is 4.48. The first-order valence-corrected chi connectivity index (χ1v) is 5.63. The average Bonchev–Trinajstić information content (AvgIpc) is 2.99. The van der Waals surface area contributed by atoms with Crippen LogP contribution in [0, 0.1) is 5.41 Å². The highest BCUT2D eigenvalue weighted by molar-refractivity contribution is 7.94. The third-order valence-electron chi connectivity index (χ3n) is 2.51. The van der Waals surface area contributed by atoms with Crippen LogP contribution in [0.25, 0.3) is 0 Å². The van der Waals surface area contributed by atoms with Gasteiger partial charge in [-0.2, -0.15) is 0 Å². The Bertz CT molecular complexity index is 348. The van der Waals surface area contributed by atoms with E-state index in [0.717, 1.165) is 17.7 Å². The van der Waals surface area contributed by atoms with Crippen LogP contribution < -0.4 is 5.73 Å². The van der Waals surface area contributed by atoms with Crippen molar-refractivity contribution in [3.63, 3.8) is 0 Å². The molecule has 1 aromatic rings. The van der Waals surface area contributed by atoms with E-state index in [1.165, 1.54) is 0 Å². The molecule has 1 aliphatic rings. The maximum absolute atomic E-state index is 12.1. The standard InChI is InChI=1S/C10H12N2OS/c11-9(12)10(6-7-10)14(13)8-4-2-1-3-5-8/h1-5H,6-7H2,(H3,11,12). The molecule has 3 N–H and O–H groups in total. The monoisotopic (exact) mass is 208 g/mol. The van der Waals surface area contributed by atoms with Gasteiger partial charge in [0.1, 0.15) is 5.84 Å². The zero-order chi connectivity index (χ0) is 10.2. The fourth-order valence-corrected chi connectivity index (χ4v) is 2.97. The van der Waals surface area contributed by atoms with Gasteiger partial charge in [-0.15, -0.1) is 0 Å². The second kappa shape index (κ2) is 3.29. The zero-order valence-electron chi connectivity index (χ0n) is 7.69. The fourth-order valence-electron chi connectivity index (χ4n) is 1.44. The minimum absolute atomic E-state index is 0.0553. The van der Waals surface area contributed by atoms with Crippen LogP contribution in [0.15, 0.2) is 35.2 Å². The van der Waals surface area contributed by atoms with Crippen molar-refractivity contribution in [3.05, 3.63) is 30.3 Å². The Morgan fingerprint density at radius 2 is 1.93 bits per heavy atom. The summed E-state index contributed by atoms with van der Waals surface area (Å²) in [7, 11) is 0. The van der Waals surface area contributed by atoms with Gasteiger partial charge in [-0.3, -0.25) is 5.41 Å². The number of hydrogen-bond acceptors (Lipinski definition) is 2. The van der Waals surface area contributed by atoms with Crippen molar-refractivity contribution in [1.82, 2.24) is 0 Å². The van der Waals surface area contributed by atoms with E-state index < -0.39 is 15.9 Å². The third kappa shape index (κ3) is 1.40. The van der Waals surface area contributed by atoms with Crippen LogP contribution in [0.5, 0.6) is 0 Å². The van der Waals surface area contributed by atoms with E-state index in [9.17, 15) is 4.55 Å². The van der Waals surface area contributed by atoms with E-state index in [-0.39, 0.29) is 5.84 Å². The Balaban J connectivity index is 2.25. The molecule has 0 heterocycles. The summed E-state index contributed by atoms with van der Waals surface area (Å²) in [5.41, 5.74) is 5.46. The van der Waals surface area contributed by atoms with Crippen molar-refractivity contribution in [2.75, 3.05) is 0 Å². The maximum Gasteiger partial charge on any atom is 0.187 e. The third-order valence-corrected chi connectivity index (χ3v) is 4.55. The van der Waals surface area contributed by atoms with E-state index in [1.807, 2.05) is 30.3 Å². The molecule has 0 amide bonds. The molecule has 1 fully saturated rings. The van der Waals surface area contributed by atoms with Gasteiger partial charge in [0.15, 0.2) is 9.64 Å². The van der Waals surface area contributed by atoms with Crippen molar-refractivity contribution >= 4 is 17.0 Å². The van der Waals surface area contributed by atoms with Gasteiger partial charge < -0.3 is 10.3 Å². The fraction of sp³-hybridized carbons (Fsp3) is 0.300. The highest BCUT2D eigenvalue weighted by Gasteiger charge is 2.58. The van der Waals surface area contributed by atoms with E-state index in [1.54, 1.807) is 0 Å². The minimum atomic E-state index is -1.16. The predicted octanol–water partition coefficient (Wildman–Crippen LogP) is 1.26. The average molecular weight is 208 g/mol. The predicted molar refractivity (Wildman–Crippen MR) is 56.7 cm³/mol. The summed E-state index contributed by atoms with van der Waals surface area (Å²) >= 11 is -1.16. The highest BCUT2D eigenvalue weighted by Crippen LogP contribution is 2.46. The molecule has 1 aliphatic carbocycles. The van der Waals surface area contributed by atoms with Crippen molar-refractivity contribution in [2.45, 2.75) is 22.5 Å². The van der Waals surface area contributed by atoms with Crippen molar-refractivity contribution in [3.8, 4) is 0 Å². The number of benzene rings is 1. The molecule has 0 aromatic heterocycles. The van der Waals surface area contributed by atoms with Gasteiger partial charge in [-0.25, -0.2) is 0 Å². The number of rotatable bonds is 3. The van der Waals surface area contributed by atoms with Gasteiger partial charge in [0.05, 0.1) is 0 Å². The maximum atomic E-state index is 12.1. The number of nitrogens with two attached hydrogens (primary N) is 1. The summed E-state index contributed by atoms with van der Waals surface area (Å²) in [6, 6.07) is 9.22. The Kier molecular flexibility index (Phi) is 2.25. The molecule has 0 radical (unpaired) electrons. The molecule has 0 bridgehead atoms. The summed E-state index contributed by atoms with van der Waals surface area (Å²) in [6.07, 6.45) is 1.54. The molecule has 0 aliphatic heterocycles. The number of nitrogens with one attached hydrogen (secondary N) is 1. The Labute approximate surface area is 86.0 Å². The van der Waals surface area contributed by atoms with Crippen LogP contribution in [0.1, 0.15) is 12.8 Å². The molecule has 2 rings (SSSR count). The molecule has 1 saturated carbocycles. The minimum Gasteiger partial charge on any atom is -0.611 e. The summed E-state index contributed by atoms with van der Waals surface area (Å²) in [5, 5.41) is 7.42. The second-order valence-electron chi connectivity index (χ2n) is 3.49. The molecule has 4 heteroatoms. The quantitative estimate of drug-likeness (QED) is 0.446. The highest BCUT2D eigenvalue weighted by atomic mass is 32.2. The normalized spacial score (nSPS) is 20.1. The molecule has 14 heavy (non-hydrogen) atoms. The SMILES string of the molecule is N=C(N)C1([S+]([O-])c2ccccc2)CC1. The summed E-state index contributed by atoms with van der Waals surface area (Å²) < 4.78 is 11.5. The molecule has 0 spiro atoms. The summed E-state index contributed by atoms with van der Waals surface area (Å²) in [6.45, 7) is 0. The molecule has 1 unspecified atom stereocenters. The van der Waals surface area contributed by atoms with Crippen LogP contribution in [0.2, 0.25) is 0 Å². The summed E-state index contributed by atoms with van der Waals surface area (Å²) in [5.74, 6) is 0.0553. The van der Waals surface area contributed by atoms with Gasteiger partial charge in [-0.1, -0.05) is 18.2 Å². The Morgan fingerprint density at radius 1 is 1.36 bits per heavy atom. The van der Waals surface area contributed by atoms with Crippen molar-refractivity contribution < 1.29 is 4.55 Å². The second-order valence-corrected chi connectivity index (χ2v) is 5.28. The molecule has 0 saturated heterocycles. The van der Waals surface area contributed by atoms with Gasteiger partial charge in [0, 0.05) is 12.8 Å². The van der Waals surface area contributed by atoms with Gasteiger partial charge >= 0.3 is 0 Å². The number of hydrogen-bond donors (Lipinski definition) is 2. The lowest BCUT2D eigenvalue weighted by molar-refractivity contribution is 0.588. The molecule has 1 atom stereocenters. The molecule has 3 nitrogen and oxygen atoms in total. The van der Waals surface area contributed by atoms with Crippen LogP contribution in [0.3, 0.4) is 0 Å². The smallest absolute Gasteiger partial charge is 0.187 e. The topological polar surface area (TPSA) is 72.9 Å². The molecule has 74 valence electrons. The van der Waals surface area contributed by atoms with E-state index >= 15 is 0 Å². The van der Waals surface area contributed by atoms with Crippen molar-refractivity contribution in [2.24, 2.45) is 5.73 Å². The molecule has 1 aromatic carbocycles. The van der Waals surface area contributed by atoms with E-state index in [4.69, 9.17) is 11.1 Å². The lowest BCUT2D eigenvalue weighted by atomic mass is 10.4. The molecular weight excluding hydrogens is 196 g/mol. The lowest BCUT2D eigenvalue weighted by Crippen LogP contribution is -2.37. The number of amidine groups is 1.